The molecular formula is C27H46O9. The molecule has 0 aromatic carbocycles. The molecule has 0 aromatic heterocycles. The maximum Gasteiger partial charge on any atom is 0.303 e. The number of allylic oxidation sites excluding steroid dienone is 6. The van der Waals surface area contributed by atoms with Crippen LogP contribution >= 0.6 is 0 Å². The van der Waals surface area contributed by atoms with Gasteiger partial charge in [-0.15, -0.1) is 0 Å². The molecule has 9 heteroatoms. The van der Waals surface area contributed by atoms with E-state index in [2.05, 4.69) is 43.4 Å². The molecule has 0 amide bonds. The fraction of sp³-hybridized carbons (Fsp3) is 0.741. The molecule has 0 aromatic rings. The second-order valence-corrected chi connectivity index (χ2v) is 8.83. The quantitative estimate of drug-likeness (QED) is 0.116. The third-order valence-corrected chi connectivity index (χ3v) is 5.62. The van der Waals surface area contributed by atoms with E-state index < -0.39 is 49.4 Å². The van der Waals surface area contributed by atoms with Crippen molar-refractivity contribution in [2.24, 2.45) is 0 Å². The Balaban J connectivity index is 2.17. The molecule has 1 heterocycles. The van der Waals surface area contributed by atoms with Crippen LogP contribution < -0.4 is 0 Å². The average Bonchev–Trinajstić information content (AvgIpc) is 2.86. The summed E-state index contributed by atoms with van der Waals surface area (Å²) in [6.07, 6.45) is 13.8. The van der Waals surface area contributed by atoms with Gasteiger partial charge < -0.3 is 39.4 Å². The van der Waals surface area contributed by atoms with E-state index in [1.807, 2.05) is 0 Å². The number of ether oxygens (including phenoxy) is 4. The van der Waals surface area contributed by atoms with Crippen molar-refractivity contribution in [1.82, 2.24) is 0 Å². The van der Waals surface area contributed by atoms with Gasteiger partial charge in [-0.3, -0.25) is 4.79 Å². The molecule has 9 nitrogen and oxygen atoms in total. The minimum Gasteiger partial charge on any atom is -0.458 e. The van der Waals surface area contributed by atoms with Crippen molar-refractivity contribution in [3.8, 4) is 0 Å². The highest BCUT2D eigenvalue weighted by molar-refractivity contribution is 5.66. The number of aliphatic hydroxyl groups is 4. The van der Waals surface area contributed by atoms with Gasteiger partial charge in [0.15, 0.2) is 6.29 Å². The van der Waals surface area contributed by atoms with Gasteiger partial charge in [-0.1, -0.05) is 56.2 Å². The SMILES string of the molecule is CC/C=C\C/C=C\C/C=C\CCCCCCOCC(COC1OC(CO)C(O)C(O)C1O)OC(C)=O. The molecule has 0 radical (unpaired) electrons. The maximum atomic E-state index is 11.4. The van der Waals surface area contributed by atoms with E-state index in [4.69, 9.17) is 18.9 Å². The van der Waals surface area contributed by atoms with Crippen molar-refractivity contribution in [2.45, 2.75) is 102 Å². The summed E-state index contributed by atoms with van der Waals surface area (Å²) in [6, 6.07) is 0. The smallest absolute Gasteiger partial charge is 0.303 e. The lowest BCUT2D eigenvalue weighted by molar-refractivity contribution is -0.305. The van der Waals surface area contributed by atoms with E-state index in [-0.39, 0.29) is 13.2 Å². The first-order chi connectivity index (χ1) is 17.4. The van der Waals surface area contributed by atoms with E-state index in [1.54, 1.807) is 0 Å². The molecule has 1 saturated heterocycles. The zero-order valence-corrected chi connectivity index (χ0v) is 21.7. The fourth-order valence-corrected chi connectivity index (χ4v) is 3.62. The molecule has 6 unspecified atom stereocenters. The van der Waals surface area contributed by atoms with Gasteiger partial charge in [0, 0.05) is 13.5 Å². The van der Waals surface area contributed by atoms with Crippen LogP contribution in [0.1, 0.15) is 65.2 Å². The highest BCUT2D eigenvalue weighted by Gasteiger charge is 2.44. The fourth-order valence-electron chi connectivity index (χ4n) is 3.62. The van der Waals surface area contributed by atoms with Crippen LogP contribution in [0.3, 0.4) is 0 Å². The lowest BCUT2D eigenvalue weighted by Crippen LogP contribution is -2.59. The number of carbonyl (C=O) groups is 1. The summed E-state index contributed by atoms with van der Waals surface area (Å²) in [5.74, 6) is -0.502. The molecule has 4 N–H and O–H groups in total. The molecule has 1 aliphatic heterocycles. The summed E-state index contributed by atoms with van der Waals surface area (Å²) in [6.45, 7) is 3.35. The van der Waals surface area contributed by atoms with Crippen LogP contribution in [0.25, 0.3) is 0 Å². The molecule has 0 spiro atoms. The standard InChI is InChI=1S/C27H46O9/c1-3-4-5-6-7-8-9-10-11-12-13-14-15-16-17-33-19-22(35-21(2)29)20-34-27-26(32)25(31)24(30)23(18-28)36-27/h4-5,7-8,10-11,22-28,30-32H,3,6,9,12-20H2,1-2H3/b5-4-,8-7-,11-10-. The Hall–Kier alpha value is -1.59. The lowest BCUT2D eigenvalue weighted by atomic mass is 9.99. The zero-order chi connectivity index (χ0) is 26.6. The summed E-state index contributed by atoms with van der Waals surface area (Å²) < 4.78 is 21.6. The molecule has 36 heavy (non-hydrogen) atoms. The highest BCUT2D eigenvalue weighted by Crippen LogP contribution is 2.22. The molecule has 0 bridgehead atoms. The Morgan fingerprint density at radius 1 is 0.889 bits per heavy atom. The predicted molar refractivity (Wildman–Crippen MR) is 136 cm³/mol. The number of hydrogen-bond acceptors (Lipinski definition) is 9. The van der Waals surface area contributed by atoms with Crippen molar-refractivity contribution in [3.63, 3.8) is 0 Å². The van der Waals surface area contributed by atoms with Crippen LogP contribution in [0, 0.1) is 0 Å². The molecule has 1 fully saturated rings. The van der Waals surface area contributed by atoms with Gasteiger partial charge in [0.05, 0.1) is 19.8 Å². The van der Waals surface area contributed by atoms with Gasteiger partial charge in [-0.05, 0) is 38.5 Å². The summed E-state index contributed by atoms with van der Waals surface area (Å²) in [7, 11) is 0. The van der Waals surface area contributed by atoms with Gasteiger partial charge >= 0.3 is 5.97 Å². The zero-order valence-electron chi connectivity index (χ0n) is 21.7. The third kappa shape index (κ3) is 14.2. The van der Waals surface area contributed by atoms with Gasteiger partial charge in [0.2, 0.25) is 0 Å². The second-order valence-electron chi connectivity index (χ2n) is 8.83. The molecule has 0 aliphatic carbocycles. The van der Waals surface area contributed by atoms with Gasteiger partial charge in [0.25, 0.3) is 0 Å². The van der Waals surface area contributed by atoms with Crippen LogP contribution in [-0.2, 0) is 23.7 Å². The molecule has 6 atom stereocenters. The number of unbranched alkanes of at least 4 members (excludes halogenated alkanes) is 4. The molecule has 1 rings (SSSR count). The van der Waals surface area contributed by atoms with E-state index in [0.29, 0.717) is 6.61 Å². The average molecular weight is 515 g/mol. The number of rotatable bonds is 19. The Morgan fingerprint density at radius 2 is 1.56 bits per heavy atom. The van der Waals surface area contributed by atoms with Crippen molar-refractivity contribution in [3.05, 3.63) is 36.5 Å². The van der Waals surface area contributed by atoms with E-state index >= 15 is 0 Å². The lowest BCUT2D eigenvalue weighted by Gasteiger charge is -2.39. The van der Waals surface area contributed by atoms with Crippen LogP contribution in [-0.4, -0.2) is 89.6 Å². The predicted octanol–water partition coefficient (Wildman–Crippen LogP) is 2.56. The van der Waals surface area contributed by atoms with Crippen LogP contribution in [0.4, 0.5) is 0 Å². The topological polar surface area (TPSA) is 135 Å². The Kier molecular flexibility index (Phi) is 18.4. The normalized spacial score (nSPS) is 25.8. The first-order valence-electron chi connectivity index (χ1n) is 13.0. The molecular weight excluding hydrogens is 468 g/mol. The van der Waals surface area contributed by atoms with Crippen LogP contribution in [0.2, 0.25) is 0 Å². The first kappa shape index (κ1) is 32.4. The minimum atomic E-state index is -1.53. The van der Waals surface area contributed by atoms with Crippen molar-refractivity contribution in [1.29, 1.82) is 0 Å². The summed E-state index contributed by atoms with van der Waals surface area (Å²) >= 11 is 0. The van der Waals surface area contributed by atoms with Crippen molar-refractivity contribution < 1.29 is 44.2 Å². The van der Waals surface area contributed by atoms with Crippen molar-refractivity contribution in [2.75, 3.05) is 26.4 Å². The Bertz CT molecular complexity index is 647. The number of esters is 1. The number of carbonyl (C=O) groups excluding carboxylic acids is 1. The van der Waals surface area contributed by atoms with Crippen LogP contribution in [0.5, 0.6) is 0 Å². The largest absolute Gasteiger partial charge is 0.458 e. The monoisotopic (exact) mass is 514 g/mol. The Morgan fingerprint density at radius 3 is 2.22 bits per heavy atom. The summed E-state index contributed by atoms with van der Waals surface area (Å²) in [4.78, 5) is 11.4. The third-order valence-electron chi connectivity index (χ3n) is 5.62. The van der Waals surface area contributed by atoms with E-state index in [9.17, 15) is 25.2 Å². The van der Waals surface area contributed by atoms with Gasteiger partial charge in [0.1, 0.15) is 30.5 Å². The van der Waals surface area contributed by atoms with Gasteiger partial charge in [-0.2, -0.15) is 0 Å². The van der Waals surface area contributed by atoms with Crippen molar-refractivity contribution >= 4 is 5.97 Å². The maximum absolute atomic E-state index is 11.4. The van der Waals surface area contributed by atoms with E-state index in [1.165, 1.54) is 6.92 Å². The molecule has 208 valence electrons. The second kappa shape index (κ2) is 20.5. The number of aliphatic hydroxyl groups excluding tert-OH is 4. The Labute approximate surface area is 215 Å². The molecule has 0 saturated carbocycles. The highest BCUT2D eigenvalue weighted by atomic mass is 16.7. The summed E-state index contributed by atoms with van der Waals surface area (Å²) in [5, 5.41) is 39.0. The number of hydrogen-bond donors (Lipinski definition) is 4. The minimum absolute atomic E-state index is 0.113. The molecule has 1 aliphatic rings. The summed E-state index contributed by atoms with van der Waals surface area (Å²) in [5.41, 5.74) is 0. The first-order valence-corrected chi connectivity index (χ1v) is 13.0. The van der Waals surface area contributed by atoms with Gasteiger partial charge in [-0.25, -0.2) is 0 Å². The van der Waals surface area contributed by atoms with Crippen LogP contribution in [0.15, 0.2) is 36.5 Å². The van der Waals surface area contributed by atoms with E-state index in [0.717, 1.165) is 51.4 Å².